The Morgan fingerprint density at radius 3 is 1.26 bits per heavy atom. The Labute approximate surface area is 115 Å². The average molecular weight is 317 g/mol. The third-order valence-corrected chi connectivity index (χ3v) is 6.36. The summed E-state index contributed by atoms with van der Waals surface area (Å²) < 4.78 is 43.1. The summed E-state index contributed by atoms with van der Waals surface area (Å²) in [6.07, 6.45) is 0. The minimum atomic E-state index is -3.63. The van der Waals surface area contributed by atoms with E-state index in [2.05, 4.69) is 4.52 Å². The minimum Gasteiger partial charge on any atom is -0.303 e. The predicted octanol–water partition coefficient (Wildman–Crippen LogP) is 4.22. The lowest BCUT2D eigenvalue weighted by Gasteiger charge is -2.23. The van der Waals surface area contributed by atoms with Crippen LogP contribution in [0.4, 0.5) is 0 Å². The Kier molecular flexibility index (Phi) is 10.2. The van der Waals surface area contributed by atoms with Crippen LogP contribution < -0.4 is 0 Å². The van der Waals surface area contributed by atoms with E-state index in [1.807, 2.05) is 0 Å². The molecule has 0 fully saturated rings. The van der Waals surface area contributed by atoms with Crippen molar-refractivity contribution in [3.63, 3.8) is 0 Å². The molecular formula is C10H25NO6P2. The molecule has 0 heterocycles. The predicted molar refractivity (Wildman–Crippen MR) is 75.1 cm³/mol. The molecule has 0 spiro atoms. The molecule has 0 aromatic heterocycles. The summed E-state index contributed by atoms with van der Waals surface area (Å²) in [7, 11) is -6.70. The van der Waals surface area contributed by atoms with Crippen molar-refractivity contribution >= 4 is 15.5 Å². The highest BCUT2D eigenvalue weighted by Gasteiger charge is 2.33. The second-order valence-corrected chi connectivity index (χ2v) is 7.00. The van der Waals surface area contributed by atoms with E-state index >= 15 is 0 Å². The topological polar surface area (TPSA) is 75.6 Å². The highest BCUT2D eigenvalue weighted by atomic mass is 31.2. The van der Waals surface area contributed by atoms with Gasteiger partial charge in [0.15, 0.2) is 0 Å². The highest BCUT2D eigenvalue weighted by Crippen LogP contribution is 2.64. The molecule has 0 amide bonds. The molecule has 0 aliphatic carbocycles. The van der Waals surface area contributed by atoms with Gasteiger partial charge in [0.25, 0.3) is 0 Å². The van der Waals surface area contributed by atoms with E-state index in [9.17, 15) is 4.57 Å². The first-order valence-corrected chi connectivity index (χ1v) is 9.47. The third kappa shape index (κ3) is 7.00. The zero-order valence-corrected chi connectivity index (χ0v) is 14.1. The lowest BCUT2D eigenvalue weighted by Crippen LogP contribution is -2.02. The molecule has 0 aliphatic heterocycles. The van der Waals surface area contributed by atoms with Gasteiger partial charge in [-0.2, -0.15) is 0 Å². The first-order valence-electron chi connectivity index (χ1n) is 6.47. The zero-order valence-electron chi connectivity index (χ0n) is 12.3. The fourth-order valence-corrected chi connectivity index (χ4v) is 5.26. The summed E-state index contributed by atoms with van der Waals surface area (Å²) >= 11 is 0. The zero-order chi connectivity index (χ0) is 14.8. The van der Waals surface area contributed by atoms with Crippen molar-refractivity contribution in [2.45, 2.75) is 34.6 Å². The van der Waals surface area contributed by atoms with Gasteiger partial charge in [-0.15, -0.1) is 4.52 Å². The maximum atomic E-state index is 12.4. The third-order valence-electron chi connectivity index (χ3n) is 1.68. The second-order valence-electron chi connectivity index (χ2n) is 3.12. The van der Waals surface area contributed by atoms with Crippen molar-refractivity contribution in [2.75, 3.05) is 33.0 Å². The molecule has 0 bridgehead atoms. The van der Waals surface area contributed by atoms with Gasteiger partial charge in [0.2, 0.25) is 0 Å². The first-order chi connectivity index (χ1) is 9.01. The minimum absolute atomic E-state index is 0.213. The molecule has 7 nitrogen and oxygen atoms in total. The number of hydrogen-bond donors (Lipinski definition) is 0. The molecule has 0 radical (unpaired) electrons. The molecule has 0 N–H and O–H groups in total. The average Bonchev–Trinajstić information content (AvgIpc) is 2.30. The summed E-state index contributed by atoms with van der Waals surface area (Å²) in [6.45, 7) is 10.2. The lowest BCUT2D eigenvalue weighted by atomic mass is 10.9. The second kappa shape index (κ2) is 10.1. The van der Waals surface area contributed by atoms with Gasteiger partial charge in [0.1, 0.15) is 0 Å². The van der Waals surface area contributed by atoms with Crippen LogP contribution in [0.2, 0.25) is 0 Å². The van der Waals surface area contributed by atoms with Gasteiger partial charge < -0.3 is 13.6 Å². The van der Waals surface area contributed by atoms with Crippen LogP contribution in [0.1, 0.15) is 34.6 Å². The van der Waals surface area contributed by atoms with Crippen LogP contribution in [-0.4, -0.2) is 33.0 Å². The van der Waals surface area contributed by atoms with E-state index in [4.69, 9.17) is 22.6 Å². The molecule has 0 saturated heterocycles. The van der Waals surface area contributed by atoms with Crippen LogP contribution in [0, 0.1) is 0 Å². The molecular weight excluding hydrogens is 292 g/mol. The Hall–Kier alpha value is 0.260. The van der Waals surface area contributed by atoms with E-state index in [0.29, 0.717) is 19.8 Å². The van der Waals surface area contributed by atoms with E-state index in [1.54, 1.807) is 34.6 Å². The van der Waals surface area contributed by atoms with E-state index in [-0.39, 0.29) is 13.2 Å². The smallest absolute Gasteiger partial charge is 0.303 e. The SMILES string of the molecule is CCOP(=O)(N=P(OCC)(OCC)OCC)OCC. The van der Waals surface area contributed by atoms with Gasteiger partial charge in [-0.25, -0.2) is 4.57 Å². The summed E-state index contributed by atoms with van der Waals surface area (Å²) in [5, 5.41) is 0. The van der Waals surface area contributed by atoms with Crippen LogP contribution in [0.3, 0.4) is 0 Å². The van der Waals surface area contributed by atoms with Gasteiger partial charge in [-0.1, -0.05) is 0 Å². The Morgan fingerprint density at radius 1 is 0.684 bits per heavy atom. The van der Waals surface area contributed by atoms with Gasteiger partial charge in [-0.3, -0.25) is 9.05 Å². The van der Waals surface area contributed by atoms with Crippen molar-refractivity contribution < 1.29 is 27.2 Å². The van der Waals surface area contributed by atoms with Crippen molar-refractivity contribution in [2.24, 2.45) is 4.52 Å². The lowest BCUT2D eigenvalue weighted by molar-refractivity contribution is 0.161. The van der Waals surface area contributed by atoms with Crippen molar-refractivity contribution in [1.82, 2.24) is 0 Å². The van der Waals surface area contributed by atoms with Gasteiger partial charge >= 0.3 is 15.5 Å². The summed E-state index contributed by atoms with van der Waals surface area (Å²) in [6, 6.07) is 0. The molecule has 116 valence electrons. The van der Waals surface area contributed by atoms with E-state index < -0.39 is 15.5 Å². The molecule has 0 atom stereocenters. The summed E-state index contributed by atoms with van der Waals surface area (Å²) in [5.41, 5.74) is 0. The van der Waals surface area contributed by atoms with Crippen LogP contribution in [-0.2, 0) is 27.2 Å². The molecule has 0 aromatic rings. The van der Waals surface area contributed by atoms with Crippen molar-refractivity contribution in [3.8, 4) is 0 Å². The Morgan fingerprint density at radius 2 is 1.00 bits per heavy atom. The first kappa shape index (κ1) is 19.3. The highest BCUT2D eigenvalue weighted by molar-refractivity contribution is 7.63. The quantitative estimate of drug-likeness (QED) is 0.531. The number of rotatable bonds is 11. The van der Waals surface area contributed by atoms with Crippen LogP contribution in [0.15, 0.2) is 4.52 Å². The normalized spacial score (nSPS) is 12.7. The standard InChI is InChI=1S/C10H25NO6P2/c1-6-13-18(12,14-7-2)11-19(15-8-3,16-9-4)17-10-5/h6-10H2,1-5H3. The molecule has 0 aromatic carbocycles. The van der Waals surface area contributed by atoms with Crippen LogP contribution in [0.5, 0.6) is 0 Å². The maximum Gasteiger partial charge on any atom is 0.458 e. The largest absolute Gasteiger partial charge is 0.458 e. The monoisotopic (exact) mass is 317 g/mol. The van der Waals surface area contributed by atoms with Gasteiger partial charge in [-0.05, 0) is 34.6 Å². The number of hydrogen-bond acceptors (Lipinski definition) is 6. The molecule has 0 rings (SSSR count). The maximum absolute atomic E-state index is 12.4. The molecule has 19 heavy (non-hydrogen) atoms. The Bertz CT molecular complexity index is 302. The van der Waals surface area contributed by atoms with Gasteiger partial charge in [0.05, 0.1) is 33.0 Å². The molecule has 9 heteroatoms. The van der Waals surface area contributed by atoms with Crippen molar-refractivity contribution in [3.05, 3.63) is 0 Å². The summed E-state index contributed by atoms with van der Waals surface area (Å²) in [4.78, 5) is 0. The fourth-order valence-electron chi connectivity index (χ4n) is 1.23. The van der Waals surface area contributed by atoms with Crippen molar-refractivity contribution in [1.29, 1.82) is 0 Å². The van der Waals surface area contributed by atoms with Crippen LogP contribution in [0.25, 0.3) is 0 Å². The molecule has 0 unspecified atom stereocenters. The van der Waals surface area contributed by atoms with E-state index in [1.165, 1.54) is 0 Å². The summed E-state index contributed by atoms with van der Waals surface area (Å²) in [5.74, 6) is 0. The van der Waals surface area contributed by atoms with Gasteiger partial charge in [0, 0.05) is 0 Å². The number of nitrogens with zero attached hydrogens (tertiary/aromatic N) is 1. The molecule has 0 saturated carbocycles. The molecule has 0 aliphatic rings. The van der Waals surface area contributed by atoms with Crippen LogP contribution >= 0.6 is 15.5 Å². The van der Waals surface area contributed by atoms with E-state index in [0.717, 1.165) is 0 Å². The Balaban J connectivity index is 5.47. The fraction of sp³-hybridized carbons (Fsp3) is 1.00.